The number of phenolic OH excluding ortho intramolecular Hbond substituents is 1. The largest absolute Gasteiger partial charge is 0.507 e. The lowest BCUT2D eigenvalue weighted by molar-refractivity contribution is 0.163. The van der Waals surface area contributed by atoms with Gasteiger partial charge < -0.3 is 9.84 Å². The van der Waals surface area contributed by atoms with E-state index in [0.717, 1.165) is 42.7 Å². The van der Waals surface area contributed by atoms with Gasteiger partial charge in [-0.15, -0.1) is 0 Å². The molecule has 2 aliphatic heterocycles. The minimum absolute atomic E-state index is 0.297. The van der Waals surface area contributed by atoms with Crippen LogP contribution in [0.15, 0.2) is 30.5 Å². The van der Waals surface area contributed by atoms with E-state index in [0.29, 0.717) is 23.6 Å². The molecule has 1 saturated heterocycles. The number of aromatic nitrogens is 3. The molecule has 1 aromatic carbocycles. The zero-order valence-corrected chi connectivity index (χ0v) is 15.0. The summed E-state index contributed by atoms with van der Waals surface area (Å²) in [7, 11) is 1.61. The number of ether oxygens (including phenoxy) is 1. The van der Waals surface area contributed by atoms with Crippen LogP contribution in [0.4, 0.5) is 0 Å². The summed E-state index contributed by atoms with van der Waals surface area (Å²) in [5.74, 6) is 0.977. The third-order valence-corrected chi connectivity index (χ3v) is 5.81. The molecule has 3 aromatic rings. The zero-order chi connectivity index (χ0) is 17.8. The fourth-order valence-corrected chi connectivity index (χ4v) is 4.54. The zero-order valence-electron chi connectivity index (χ0n) is 15.0. The van der Waals surface area contributed by atoms with Crippen molar-refractivity contribution >= 4 is 5.65 Å². The first-order valence-electron chi connectivity index (χ1n) is 9.10. The minimum atomic E-state index is 0.297. The quantitative estimate of drug-likeness (QED) is 0.787. The van der Waals surface area contributed by atoms with E-state index in [9.17, 15) is 5.11 Å². The minimum Gasteiger partial charge on any atom is -0.507 e. The van der Waals surface area contributed by atoms with Gasteiger partial charge in [0.2, 0.25) is 0 Å². The van der Waals surface area contributed by atoms with Crippen LogP contribution >= 0.6 is 0 Å². The average molecular weight is 350 g/mol. The lowest BCUT2D eigenvalue weighted by atomic mass is 9.98. The van der Waals surface area contributed by atoms with Gasteiger partial charge in [-0.2, -0.15) is 5.10 Å². The van der Waals surface area contributed by atoms with Crippen molar-refractivity contribution in [3.05, 3.63) is 53.0 Å². The van der Waals surface area contributed by atoms with E-state index in [1.807, 2.05) is 35.8 Å². The van der Waals surface area contributed by atoms with Gasteiger partial charge in [0.15, 0.2) is 5.65 Å². The van der Waals surface area contributed by atoms with Crippen LogP contribution in [0.25, 0.3) is 5.65 Å². The van der Waals surface area contributed by atoms with Crippen molar-refractivity contribution in [2.45, 2.75) is 44.8 Å². The van der Waals surface area contributed by atoms with Crippen LogP contribution in [0, 0.1) is 6.92 Å². The Hall–Kier alpha value is -2.60. The Labute approximate surface area is 152 Å². The van der Waals surface area contributed by atoms with Crippen molar-refractivity contribution in [3.63, 3.8) is 0 Å². The van der Waals surface area contributed by atoms with E-state index >= 15 is 0 Å². The molecule has 0 radical (unpaired) electrons. The van der Waals surface area contributed by atoms with E-state index in [4.69, 9.17) is 4.74 Å². The third kappa shape index (κ3) is 2.29. The Kier molecular flexibility index (Phi) is 3.43. The number of benzene rings is 1. The van der Waals surface area contributed by atoms with Crippen LogP contribution in [0.1, 0.15) is 41.4 Å². The van der Waals surface area contributed by atoms with Crippen molar-refractivity contribution in [2.75, 3.05) is 7.11 Å². The van der Waals surface area contributed by atoms with Crippen molar-refractivity contribution in [2.24, 2.45) is 0 Å². The molecule has 0 amide bonds. The maximum Gasteiger partial charge on any atom is 0.155 e. The number of aromatic hydroxyl groups is 1. The Morgan fingerprint density at radius 2 is 2.15 bits per heavy atom. The fraction of sp³-hybridized carbons (Fsp3) is 0.400. The van der Waals surface area contributed by atoms with Crippen LogP contribution in [0.3, 0.4) is 0 Å². The Morgan fingerprint density at radius 3 is 2.96 bits per heavy atom. The van der Waals surface area contributed by atoms with Gasteiger partial charge in [-0.1, -0.05) is 6.07 Å². The van der Waals surface area contributed by atoms with Crippen LogP contribution < -0.4 is 4.74 Å². The molecule has 6 heteroatoms. The van der Waals surface area contributed by atoms with Crippen molar-refractivity contribution in [1.82, 2.24) is 19.5 Å². The van der Waals surface area contributed by atoms with Crippen LogP contribution in [-0.2, 0) is 13.0 Å². The van der Waals surface area contributed by atoms with Crippen molar-refractivity contribution in [3.8, 4) is 11.5 Å². The van der Waals surface area contributed by atoms with Crippen molar-refractivity contribution < 1.29 is 9.84 Å². The molecule has 134 valence electrons. The van der Waals surface area contributed by atoms with E-state index < -0.39 is 0 Å². The van der Waals surface area contributed by atoms with Gasteiger partial charge in [0, 0.05) is 54.5 Å². The molecule has 6 nitrogen and oxygen atoms in total. The highest BCUT2D eigenvalue weighted by Crippen LogP contribution is 2.44. The van der Waals surface area contributed by atoms with Gasteiger partial charge in [-0.25, -0.2) is 9.50 Å². The summed E-state index contributed by atoms with van der Waals surface area (Å²) in [4.78, 5) is 7.13. The fourth-order valence-electron chi connectivity index (χ4n) is 4.54. The monoisotopic (exact) mass is 350 g/mol. The summed E-state index contributed by atoms with van der Waals surface area (Å²) < 4.78 is 7.22. The number of methoxy groups -OCH3 is 1. The second-order valence-electron chi connectivity index (χ2n) is 7.33. The third-order valence-electron chi connectivity index (χ3n) is 5.81. The maximum atomic E-state index is 10.4. The van der Waals surface area contributed by atoms with E-state index in [1.165, 1.54) is 11.3 Å². The van der Waals surface area contributed by atoms with Gasteiger partial charge in [-0.05, 0) is 25.8 Å². The second kappa shape index (κ2) is 5.71. The summed E-state index contributed by atoms with van der Waals surface area (Å²) in [6.45, 7) is 2.75. The molecule has 0 saturated carbocycles. The van der Waals surface area contributed by atoms with Gasteiger partial charge in [0.1, 0.15) is 11.5 Å². The molecule has 4 heterocycles. The molecule has 5 rings (SSSR count). The first-order valence-corrected chi connectivity index (χ1v) is 9.10. The summed E-state index contributed by atoms with van der Waals surface area (Å²) in [6.07, 6.45) is 5.29. The number of hydrogen-bond donors (Lipinski definition) is 1. The first-order chi connectivity index (χ1) is 12.6. The van der Waals surface area contributed by atoms with E-state index in [2.05, 4.69) is 15.0 Å². The number of aryl methyl sites for hydroxylation is 1. The molecular weight excluding hydrogens is 328 g/mol. The molecule has 2 aliphatic rings. The van der Waals surface area contributed by atoms with E-state index in [-0.39, 0.29) is 0 Å². The standard InChI is InChI=1S/C20H22N4O2/c1-12-7-20-21-10-16-17-6-4-14(8-18(16)24(20)22-12)23(17)11-13-3-5-15(26-2)9-19(13)25/h3,5,7,9-10,14,17,25H,4,6,8,11H2,1-2H3/t14-,17-/m0/s1. The van der Waals surface area contributed by atoms with Gasteiger partial charge >= 0.3 is 0 Å². The number of nitrogens with zero attached hydrogens (tertiary/aromatic N) is 4. The Balaban J connectivity index is 1.51. The molecule has 2 bridgehead atoms. The Bertz CT molecular complexity index is 997. The van der Waals surface area contributed by atoms with Crippen LogP contribution in [0.5, 0.6) is 11.5 Å². The lowest BCUT2D eigenvalue weighted by Gasteiger charge is -2.36. The number of hydrogen-bond acceptors (Lipinski definition) is 5. The van der Waals surface area contributed by atoms with Gasteiger partial charge in [0.05, 0.1) is 18.5 Å². The highest BCUT2D eigenvalue weighted by atomic mass is 16.5. The summed E-state index contributed by atoms with van der Waals surface area (Å²) in [5.41, 5.74) is 5.45. The molecule has 1 N–H and O–H groups in total. The molecular formula is C20H22N4O2. The Morgan fingerprint density at radius 1 is 1.27 bits per heavy atom. The molecule has 1 fully saturated rings. The summed E-state index contributed by atoms with van der Waals surface area (Å²) >= 11 is 0. The van der Waals surface area contributed by atoms with Crippen LogP contribution in [-0.4, -0.2) is 37.8 Å². The number of fused-ring (bicyclic) bond motifs is 6. The lowest BCUT2D eigenvalue weighted by Crippen LogP contribution is -2.38. The van der Waals surface area contributed by atoms with Gasteiger partial charge in [0.25, 0.3) is 0 Å². The van der Waals surface area contributed by atoms with Gasteiger partial charge in [-0.3, -0.25) is 4.90 Å². The molecule has 2 aromatic heterocycles. The molecule has 0 unspecified atom stereocenters. The SMILES string of the molecule is COc1ccc(CN2[C@H]3CC[C@H]2c2cnc4cc(C)nn4c2C3)c(O)c1. The smallest absolute Gasteiger partial charge is 0.155 e. The van der Waals surface area contributed by atoms with Crippen molar-refractivity contribution in [1.29, 1.82) is 0 Å². The predicted octanol–water partition coefficient (Wildman–Crippen LogP) is 3.01. The topological polar surface area (TPSA) is 62.9 Å². The highest BCUT2D eigenvalue weighted by molar-refractivity contribution is 5.45. The molecule has 0 aliphatic carbocycles. The maximum absolute atomic E-state index is 10.4. The summed E-state index contributed by atoms with van der Waals surface area (Å²) in [5, 5.41) is 15.0. The normalized spacial score (nSPS) is 21.9. The number of phenols is 1. The second-order valence-corrected chi connectivity index (χ2v) is 7.33. The number of rotatable bonds is 3. The first kappa shape index (κ1) is 15.6. The highest BCUT2D eigenvalue weighted by Gasteiger charge is 2.41. The average Bonchev–Trinajstić information content (AvgIpc) is 3.14. The molecule has 26 heavy (non-hydrogen) atoms. The predicted molar refractivity (Wildman–Crippen MR) is 97.4 cm³/mol. The molecule has 0 spiro atoms. The molecule has 2 atom stereocenters. The van der Waals surface area contributed by atoms with E-state index in [1.54, 1.807) is 13.2 Å². The van der Waals surface area contributed by atoms with Crippen LogP contribution in [0.2, 0.25) is 0 Å². The summed E-state index contributed by atoms with van der Waals surface area (Å²) in [6, 6.07) is 8.40.